The number of hydrogen-bond acceptors (Lipinski definition) is 6. The summed E-state index contributed by atoms with van der Waals surface area (Å²) in [7, 11) is 0. The molecule has 0 radical (unpaired) electrons. The summed E-state index contributed by atoms with van der Waals surface area (Å²) in [5.41, 5.74) is 0.733. The summed E-state index contributed by atoms with van der Waals surface area (Å²) in [4.78, 5) is 34.9. The summed E-state index contributed by atoms with van der Waals surface area (Å²) in [6.07, 6.45) is 1.51. The van der Waals surface area contributed by atoms with Crippen molar-refractivity contribution in [2.24, 2.45) is 0 Å². The smallest absolute Gasteiger partial charge is 0.336 e. The molecule has 140 valence electrons. The van der Waals surface area contributed by atoms with Gasteiger partial charge in [-0.25, -0.2) is 4.79 Å². The monoisotopic (exact) mass is 370 g/mol. The Hall–Kier alpha value is -3.55. The molecular formula is C19H18N2O6. The molecular weight excluding hydrogens is 352 g/mol. The lowest BCUT2D eigenvalue weighted by Gasteiger charge is -2.08. The van der Waals surface area contributed by atoms with Crippen LogP contribution >= 0.6 is 0 Å². The highest BCUT2D eigenvalue weighted by atomic mass is 16.5. The summed E-state index contributed by atoms with van der Waals surface area (Å²) in [6, 6.07) is 9.85. The molecule has 0 fully saturated rings. The van der Waals surface area contributed by atoms with Gasteiger partial charge in [0.15, 0.2) is 6.61 Å². The Morgan fingerprint density at radius 1 is 1.11 bits per heavy atom. The van der Waals surface area contributed by atoms with Gasteiger partial charge in [0, 0.05) is 17.5 Å². The quantitative estimate of drug-likeness (QED) is 0.610. The minimum Gasteiger partial charge on any atom is -0.484 e. The second-order valence-electron chi connectivity index (χ2n) is 5.83. The lowest BCUT2D eigenvalue weighted by Crippen LogP contribution is -2.38. The van der Waals surface area contributed by atoms with Crippen molar-refractivity contribution >= 4 is 22.8 Å². The molecule has 0 saturated carbocycles. The van der Waals surface area contributed by atoms with Gasteiger partial charge < -0.3 is 24.2 Å². The number of amides is 2. The van der Waals surface area contributed by atoms with Crippen LogP contribution in [0.1, 0.15) is 11.3 Å². The predicted octanol–water partition coefficient (Wildman–Crippen LogP) is 1.51. The fraction of sp³-hybridized carbons (Fsp3) is 0.211. The van der Waals surface area contributed by atoms with Gasteiger partial charge in [-0.05, 0) is 36.8 Å². The minimum absolute atomic E-state index is 0.172. The van der Waals surface area contributed by atoms with E-state index < -0.39 is 11.5 Å². The topological polar surface area (TPSA) is 111 Å². The van der Waals surface area contributed by atoms with Crippen LogP contribution in [0.25, 0.3) is 11.0 Å². The molecule has 0 unspecified atom stereocenters. The Morgan fingerprint density at radius 2 is 1.96 bits per heavy atom. The van der Waals surface area contributed by atoms with Gasteiger partial charge in [-0.15, -0.1) is 0 Å². The van der Waals surface area contributed by atoms with E-state index in [4.69, 9.17) is 13.6 Å². The summed E-state index contributed by atoms with van der Waals surface area (Å²) >= 11 is 0. The van der Waals surface area contributed by atoms with Crippen molar-refractivity contribution < 1.29 is 23.2 Å². The number of aryl methyl sites for hydroxylation is 1. The van der Waals surface area contributed by atoms with Gasteiger partial charge in [0.05, 0.1) is 19.4 Å². The van der Waals surface area contributed by atoms with Crippen molar-refractivity contribution in [3.63, 3.8) is 0 Å². The Kier molecular flexibility index (Phi) is 5.55. The predicted molar refractivity (Wildman–Crippen MR) is 96.3 cm³/mol. The van der Waals surface area contributed by atoms with E-state index in [1.165, 1.54) is 12.3 Å². The number of hydrogen-bond donors (Lipinski definition) is 2. The molecule has 0 aliphatic carbocycles. The van der Waals surface area contributed by atoms with Crippen molar-refractivity contribution in [1.29, 1.82) is 0 Å². The molecule has 2 aromatic heterocycles. The second kappa shape index (κ2) is 8.22. The maximum atomic E-state index is 11.8. The molecule has 0 saturated heterocycles. The van der Waals surface area contributed by atoms with Crippen LogP contribution in [0, 0.1) is 6.92 Å². The van der Waals surface area contributed by atoms with Crippen LogP contribution in [0.3, 0.4) is 0 Å². The SMILES string of the molecule is Cc1cc(=O)oc2cc(OCC(=O)NCC(=O)NCc3ccco3)ccc12. The van der Waals surface area contributed by atoms with E-state index in [1.54, 1.807) is 30.3 Å². The summed E-state index contributed by atoms with van der Waals surface area (Å²) in [6.45, 7) is 1.62. The first kappa shape index (κ1) is 18.2. The van der Waals surface area contributed by atoms with E-state index in [-0.39, 0.29) is 25.6 Å². The number of furan rings is 1. The lowest BCUT2D eigenvalue weighted by molar-refractivity contribution is -0.127. The molecule has 2 N–H and O–H groups in total. The van der Waals surface area contributed by atoms with Gasteiger partial charge >= 0.3 is 5.63 Å². The van der Waals surface area contributed by atoms with Crippen LogP contribution in [0.4, 0.5) is 0 Å². The standard InChI is InChI=1S/C19H18N2O6/c1-12-7-19(24)27-16-8-13(4-5-15(12)16)26-11-18(23)21-10-17(22)20-9-14-3-2-6-25-14/h2-8H,9-11H2,1H3,(H,20,22)(H,21,23). The number of carbonyl (C=O) groups is 2. The molecule has 3 rings (SSSR count). The molecule has 2 amide bonds. The van der Waals surface area contributed by atoms with Gasteiger partial charge in [-0.3, -0.25) is 9.59 Å². The van der Waals surface area contributed by atoms with E-state index in [0.717, 1.165) is 10.9 Å². The highest BCUT2D eigenvalue weighted by molar-refractivity contribution is 5.85. The third-order valence-corrected chi connectivity index (χ3v) is 3.78. The minimum atomic E-state index is -0.450. The highest BCUT2D eigenvalue weighted by Crippen LogP contribution is 2.22. The number of ether oxygens (including phenoxy) is 1. The summed E-state index contributed by atoms with van der Waals surface area (Å²) in [5.74, 6) is 0.210. The first-order valence-corrected chi connectivity index (χ1v) is 8.24. The first-order valence-electron chi connectivity index (χ1n) is 8.24. The Morgan fingerprint density at radius 3 is 2.74 bits per heavy atom. The zero-order valence-electron chi connectivity index (χ0n) is 14.6. The van der Waals surface area contributed by atoms with Gasteiger partial charge in [-0.2, -0.15) is 0 Å². The molecule has 8 heteroatoms. The normalized spacial score (nSPS) is 10.6. The van der Waals surface area contributed by atoms with Gasteiger partial charge in [-0.1, -0.05) is 0 Å². The van der Waals surface area contributed by atoms with Crippen LogP contribution in [-0.4, -0.2) is 25.0 Å². The van der Waals surface area contributed by atoms with Crippen molar-refractivity contribution in [2.45, 2.75) is 13.5 Å². The Bertz CT molecular complexity index is 1010. The highest BCUT2D eigenvalue weighted by Gasteiger charge is 2.08. The molecule has 1 aromatic carbocycles. The number of benzene rings is 1. The fourth-order valence-corrected chi connectivity index (χ4v) is 2.44. The van der Waals surface area contributed by atoms with Crippen LogP contribution in [0.2, 0.25) is 0 Å². The zero-order valence-corrected chi connectivity index (χ0v) is 14.6. The Labute approximate surface area is 154 Å². The number of rotatable bonds is 7. The average molecular weight is 370 g/mol. The van der Waals surface area contributed by atoms with Crippen molar-refractivity contribution in [3.05, 3.63) is 64.4 Å². The van der Waals surface area contributed by atoms with Crippen LogP contribution in [0.5, 0.6) is 5.75 Å². The first-order chi connectivity index (χ1) is 13.0. The van der Waals surface area contributed by atoms with Crippen LogP contribution < -0.4 is 21.0 Å². The molecule has 0 aliphatic rings. The molecule has 27 heavy (non-hydrogen) atoms. The molecule has 0 bridgehead atoms. The van der Waals surface area contributed by atoms with Gasteiger partial charge in [0.1, 0.15) is 17.1 Å². The van der Waals surface area contributed by atoms with Gasteiger partial charge in [0.2, 0.25) is 5.91 Å². The van der Waals surface area contributed by atoms with E-state index in [0.29, 0.717) is 17.1 Å². The molecule has 0 atom stereocenters. The molecule has 3 aromatic rings. The maximum absolute atomic E-state index is 11.8. The van der Waals surface area contributed by atoms with E-state index in [2.05, 4.69) is 10.6 Å². The largest absolute Gasteiger partial charge is 0.484 e. The molecule has 8 nitrogen and oxygen atoms in total. The van der Waals surface area contributed by atoms with Crippen molar-refractivity contribution in [3.8, 4) is 5.75 Å². The summed E-state index contributed by atoms with van der Waals surface area (Å²) < 4.78 is 15.6. The van der Waals surface area contributed by atoms with Crippen molar-refractivity contribution in [1.82, 2.24) is 10.6 Å². The number of fused-ring (bicyclic) bond motifs is 1. The van der Waals surface area contributed by atoms with E-state index >= 15 is 0 Å². The zero-order chi connectivity index (χ0) is 19.2. The fourth-order valence-electron chi connectivity index (χ4n) is 2.44. The average Bonchev–Trinajstić information content (AvgIpc) is 3.16. The van der Waals surface area contributed by atoms with E-state index in [1.807, 2.05) is 6.92 Å². The van der Waals surface area contributed by atoms with Crippen LogP contribution in [0.15, 0.2) is 56.3 Å². The molecule has 0 spiro atoms. The molecule has 2 heterocycles. The van der Waals surface area contributed by atoms with Crippen LogP contribution in [-0.2, 0) is 16.1 Å². The third kappa shape index (κ3) is 4.97. The molecule has 0 aliphatic heterocycles. The number of carbonyl (C=O) groups excluding carboxylic acids is 2. The lowest BCUT2D eigenvalue weighted by atomic mass is 10.1. The number of nitrogens with one attached hydrogen (secondary N) is 2. The summed E-state index contributed by atoms with van der Waals surface area (Å²) in [5, 5.41) is 5.86. The van der Waals surface area contributed by atoms with E-state index in [9.17, 15) is 14.4 Å². The third-order valence-electron chi connectivity index (χ3n) is 3.78. The Balaban J connectivity index is 1.46. The van der Waals surface area contributed by atoms with Crippen molar-refractivity contribution in [2.75, 3.05) is 13.2 Å². The second-order valence-corrected chi connectivity index (χ2v) is 5.83. The maximum Gasteiger partial charge on any atom is 0.336 e. The van der Waals surface area contributed by atoms with Gasteiger partial charge in [0.25, 0.3) is 5.91 Å².